The number of rotatable bonds is 6. The highest BCUT2D eigenvalue weighted by Gasteiger charge is 2.46. The lowest BCUT2D eigenvalue weighted by molar-refractivity contribution is -0.136. The number of amides is 5. The maximum atomic E-state index is 13.1. The van der Waals surface area contributed by atoms with Gasteiger partial charge in [0.15, 0.2) is 0 Å². The lowest BCUT2D eigenvalue weighted by atomic mass is 10.0. The van der Waals surface area contributed by atoms with Crippen molar-refractivity contribution >= 4 is 35.4 Å². The first-order chi connectivity index (χ1) is 17.9. The van der Waals surface area contributed by atoms with Crippen LogP contribution in [0.3, 0.4) is 0 Å². The Kier molecular flexibility index (Phi) is 6.66. The number of nitrogens with zero attached hydrogens (tertiary/aromatic N) is 3. The van der Waals surface area contributed by atoms with Gasteiger partial charge in [-0.2, -0.15) is 0 Å². The number of piperazine rings is 1. The minimum absolute atomic E-state index is 0.0948. The van der Waals surface area contributed by atoms with Gasteiger partial charge in [0.1, 0.15) is 11.6 Å². The first-order valence-electron chi connectivity index (χ1n) is 13.3. The Bertz CT molecular complexity index is 1180. The number of nitrogens with one attached hydrogen (secondary N) is 2. The average molecular weight is 526 g/mol. The van der Waals surface area contributed by atoms with Gasteiger partial charge in [-0.1, -0.05) is 0 Å². The van der Waals surface area contributed by atoms with Crippen LogP contribution in [-0.4, -0.2) is 89.4 Å². The molecule has 5 rings (SSSR count). The van der Waals surface area contributed by atoms with Gasteiger partial charge in [0, 0.05) is 50.4 Å². The Morgan fingerprint density at radius 3 is 2.37 bits per heavy atom. The van der Waals surface area contributed by atoms with Crippen LogP contribution >= 0.6 is 0 Å². The molecule has 11 heteroatoms. The minimum atomic E-state index is -0.966. The summed E-state index contributed by atoms with van der Waals surface area (Å²) in [4.78, 5) is 67.6. The number of carbonyl (C=O) groups excluding carboxylic acids is 5. The number of carbonyl (C=O) groups is 5. The van der Waals surface area contributed by atoms with Gasteiger partial charge >= 0.3 is 6.09 Å². The summed E-state index contributed by atoms with van der Waals surface area (Å²) < 4.78 is 5.41. The molecule has 1 atom stereocenters. The molecular formula is C27H35N5O6. The number of hydrogen-bond donors (Lipinski definition) is 2. The van der Waals surface area contributed by atoms with Gasteiger partial charge in [-0.15, -0.1) is 0 Å². The normalized spacial score (nSPS) is 23.3. The molecule has 0 aromatic heterocycles. The number of imide groups is 2. The SMILES string of the molecule is CC(C)(C)OC(=O)NC1(CCN2CCN(c3ccc4c(c3)C(=O)N(C3CCC(=O)NC3=O)C4=O)CC2)CC1. The third kappa shape index (κ3) is 5.38. The van der Waals surface area contributed by atoms with Crippen LogP contribution < -0.4 is 15.5 Å². The topological polar surface area (TPSA) is 128 Å². The van der Waals surface area contributed by atoms with Gasteiger partial charge in [-0.05, 0) is 64.7 Å². The van der Waals surface area contributed by atoms with Crippen LogP contribution in [0.1, 0.15) is 73.6 Å². The zero-order valence-electron chi connectivity index (χ0n) is 22.2. The number of hydrogen-bond acceptors (Lipinski definition) is 8. The van der Waals surface area contributed by atoms with Gasteiger partial charge in [0.2, 0.25) is 11.8 Å². The van der Waals surface area contributed by atoms with Crippen LogP contribution in [0.4, 0.5) is 10.5 Å². The molecule has 0 spiro atoms. The van der Waals surface area contributed by atoms with Crippen LogP contribution in [0.25, 0.3) is 0 Å². The molecule has 1 saturated carbocycles. The molecule has 204 valence electrons. The fourth-order valence-corrected chi connectivity index (χ4v) is 5.37. The second-order valence-electron chi connectivity index (χ2n) is 11.7. The molecule has 2 saturated heterocycles. The molecule has 3 fully saturated rings. The van der Waals surface area contributed by atoms with Crippen molar-refractivity contribution in [2.45, 2.75) is 70.1 Å². The lowest BCUT2D eigenvalue weighted by Crippen LogP contribution is -2.54. The van der Waals surface area contributed by atoms with E-state index < -0.39 is 35.3 Å². The van der Waals surface area contributed by atoms with Gasteiger partial charge < -0.3 is 15.0 Å². The Morgan fingerprint density at radius 2 is 1.74 bits per heavy atom. The van der Waals surface area contributed by atoms with Crippen LogP contribution in [-0.2, 0) is 14.3 Å². The van der Waals surface area contributed by atoms with E-state index in [-0.39, 0.29) is 30.0 Å². The van der Waals surface area contributed by atoms with Crippen LogP contribution in [0.2, 0.25) is 0 Å². The summed E-state index contributed by atoms with van der Waals surface area (Å²) in [5.74, 6) is -1.99. The second kappa shape index (κ2) is 9.68. The van der Waals surface area contributed by atoms with E-state index in [4.69, 9.17) is 4.74 Å². The summed E-state index contributed by atoms with van der Waals surface area (Å²) in [6.45, 7) is 9.67. The lowest BCUT2D eigenvalue weighted by Gasteiger charge is -2.37. The number of piperidine rings is 1. The van der Waals surface area contributed by atoms with E-state index in [0.717, 1.165) is 62.6 Å². The van der Waals surface area contributed by atoms with E-state index in [2.05, 4.69) is 20.4 Å². The monoisotopic (exact) mass is 525 g/mol. The van der Waals surface area contributed by atoms with Gasteiger partial charge in [0.05, 0.1) is 11.1 Å². The van der Waals surface area contributed by atoms with Crippen molar-refractivity contribution in [2.24, 2.45) is 0 Å². The molecule has 11 nitrogen and oxygen atoms in total. The van der Waals surface area contributed by atoms with E-state index in [9.17, 15) is 24.0 Å². The molecule has 38 heavy (non-hydrogen) atoms. The third-order valence-electron chi connectivity index (χ3n) is 7.69. The maximum Gasteiger partial charge on any atom is 0.408 e. The van der Waals surface area contributed by atoms with Gasteiger partial charge in [-0.3, -0.25) is 34.3 Å². The molecule has 2 N–H and O–H groups in total. The minimum Gasteiger partial charge on any atom is -0.444 e. The summed E-state index contributed by atoms with van der Waals surface area (Å²) in [5, 5.41) is 5.28. The molecule has 3 heterocycles. The molecule has 0 radical (unpaired) electrons. The Labute approximate surface area is 221 Å². The zero-order chi connectivity index (χ0) is 27.2. The van der Waals surface area contributed by atoms with Crippen molar-refractivity contribution in [1.29, 1.82) is 0 Å². The van der Waals surface area contributed by atoms with Gasteiger partial charge in [-0.25, -0.2) is 4.79 Å². The Morgan fingerprint density at radius 1 is 1.05 bits per heavy atom. The van der Waals surface area contributed by atoms with E-state index in [1.54, 1.807) is 12.1 Å². The first kappa shape index (κ1) is 26.1. The predicted octanol–water partition coefficient (Wildman–Crippen LogP) is 1.66. The summed E-state index contributed by atoms with van der Waals surface area (Å²) in [5.41, 5.74) is 0.758. The van der Waals surface area contributed by atoms with Crippen molar-refractivity contribution in [3.05, 3.63) is 29.3 Å². The van der Waals surface area contributed by atoms with Crippen molar-refractivity contribution in [3.63, 3.8) is 0 Å². The molecule has 1 aliphatic carbocycles. The molecule has 3 aliphatic heterocycles. The van der Waals surface area contributed by atoms with Crippen LogP contribution in [0.5, 0.6) is 0 Å². The Hall–Kier alpha value is -3.47. The quantitative estimate of drug-likeness (QED) is 0.537. The van der Waals surface area contributed by atoms with E-state index in [1.807, 2.05) is 26.8 Å². The highest BCUT2D eigenvalue weighted by molar-refractivity contribution is 6.23. The van der Waals surface area contributed by atoms with Crippen molar-refractivity contribution in [1.82, 2.24) is 20.4 Å². The summed E-state index contributed by atoms with van der Waals surface area (Å²) in [6.07, 6.45) is 2.67. The van der Waals surface area contributed by atoms with Gasteiger partial charge in [0.25, 0.3) is 11.8 Å². The average Bonchev–Trinajstić information content (AvgIpc) is 3.56. The summed E-state index contributed by atoms with van der Waals surface area (Å²) in [6, 6.07) is 4.27. The predicted molar refractivity (Wildman–Crippen MR) is 138 cm³/mol. The number of fused-ring (bicyclic) bond motifs is 1. The number of ether oxygens (including phenoxy) is 1. The zero-order valence-corrected chi connectivity index (χ0v) is 22.2. The highest BCUT2D eigenvalue weighted by Crippen LogP contribution is 2.39. The van der Waals surface area contributed by atoms with Crippen molar-refractivity contribution < 1.29 is 28.7 Å². The fraction of sp³-hybridized carbons (Fsp3) is 0.593. The molecule has 1 aromatic rings. The molecule has 4 aliphatic rings. The molecule has 5 amide bonds. The second-order valence-corrected chi connectivity index (χ2v) is 11.7. The Balaban J connectivity index is 1.15. The third-order valence-corrected chi connectivity index (χ3v) is 7.69. The van der Waals surface area contributed by atoms with E-state index in [1.165, 1.54) is 0 Å². The molecule has 1 unspecified atom stereocenters. The molecule has 0 bridgehead atoms. The van der Waals surface area contributed by atoms with E-state index in [0.29, 0.717) is 5.56 Å². The summed E-state index contributed by atoms with van der Waals surface area (Å²) in [7, 11) is 0. The number of alkyl carbamates (subject to hydrolysis) is 1. The van der Waals surface area contributed by atoms with Crippen LogP contribution in [0.15, 0.2) is 18.2 Å². The standard InChI is InChI=1S/C27H35N5O6/c1-26(2,3)38-25(37)29-27(8-9-27)10-11-30-12-14-31(15-13-30)17-4-5-18-19(16-17)24(36)32(23(18)35)20-6-7-21(33)28-22(20)34/h4-5,16,20H,6-15H2,1-3H3,(H,29,37)(H,28,33,34). The van der Waals surface area contributed by atoms with Crippen molar-refractivity contribution in [2.75, 3.05) is 37.6 Å². The molecular weight excluding hydrogens is 490 g/mol. The van der Waals surface area contributed by atoms with Crippen molar-refractivity contribution in [3.8, 4) is 0 Å². The van der Waals surface area contributed by atoms with E-state index >= 15 is 0 Å². The first-order valence-corrected chi connectivity index (χ1v) is 13.3. The fourth-order valence-electron chi connectivity index (χ4n) is 5.37. The summed E-state index contributed by atoms with van der Waals surface area (Å²) >= 11 is 0. The highest BCUT2D eigenvalue weighted by atomic mass is 16.6. The number of benzene rings is 1. The maximum absolute atomic E-state index is 13.1. The number of anilines is 1. The largest absolute Gasteiger partial charge is 0.444 e. The smallest absolute Gasteiger partial charge is 0.408 e. The molecule has 1 aromatic carbocycles. The van der Waals surface area contributed by atoms with Crippen LogP contribution in [0, 0.1) is 0 Å².